The summed E-state index contributed by atoms with van der Waals surface area (Å²) in [5, 5.41) is 3.35. The topological polar surface area (TPSA) is 36.8 Å². The molecule has 1 aromatic carbocycles. The third-order valence-electron chi connectivity index (χ3n) is 3.49. The first-order valence-electron chi connectivity index (χ1n) is 7.19. The molecule has 0 bridgehead atoms. The molecule has 0 unspecified atom stereocenters. The van der Waals surface area contributed by atoms with Gasteiger partial charge in [-0.1, -0.05) is 0 Å². The zero-order valence-corrected chi connectivity index (χ0v) is 12.0. The van der Waals surface area contributed by atoms with Crippen LogP contribution in [0.4, 0.5) is 11.4 Å². The molecule has 0 radical (unpaired) electrons. The predicted molar refractivity (Wildman–Crippen MR) is 86.6 cm³/mol. The Hall–Kier alpha value is -2.16. The molecule has 102 valence electrons. The molecule has 1 aromatic rings. The van der Waals surface area contributed by atoms with Crippen LogP contribution in [-0.2, 0) is 6.42 Å². The van der Waals surface area contributed by atoms with Crippen molar-refractivity contribution in [2.24, 2.45) is 9.98 Å². The van der Waals surface area contributed by atoms with Crippen LogP contribution in [0.2, 0.25) is 0 Å². The third kappa shape index (κ3) is 2.44. The first-order valence-corrected chi connectivity index (χ1v) is 7.19. The molecule has 0 spiro atoms. The summed E-state index contributed by atoms with van der Waals surface area (Å²) in [4.78, 5) is 9.21. The Morgan fingerprint density at radius 3 is 2.95 bits per heavy atom. The molecule has 0 saturated heterocycles. The standard InChI is InChI=1S/C17H19N3/c1-3-18-14-5-7-16-12(10-14)9-13-11-15(19-4-2)6-8-17(13)20-16/h5-8,10-11,18H,3-4,9H2,1-2H3. The number of allylic oxidation sites excluding steroid dienone is 4. The Balaban J connectivity index is 1.97. The van der Waals surface area contributed by atoms with Crippen molar-refractivity contribution in [1.82, 2.24) is 0 Å². The zero-order valence-electron chi connectivity index (χ0n) is 12.0. The Kier molecular flexibility index (Phi) is 3.50. The van der Waals surface area contributed by atoms with Gasteiger partial charge in [-0.05, 0) is 61.4 Å². The van der Waals surface area contributed by atoms with E-state index in [0.717, 1.165) is 36.6 Å². The minimum absolute atomic E-state index is 0.817. The lowest BCUT2D eigenvalue weighted by atomic mass is 9.92. The molecule has 1 aliphatic heterocycles. The van der Waals surface area contributed by atoms with E-state index in [1.54, 1.807) is 0 Å². The van der Waals surface area contributed by atoms with Crippen molar-refractivity contribution in [3.63, 3.8) is 0 Å². The highest BCUT2D eigenvalue weighted by Gasteiger charge is 2.18. The zero-order chi connectivity index (χ0) is 13.9. The molecule has 1 N–H and O–H groups in total. The summed E-state index contributed by atoms with van der Waals surface area (Å²) in [6.45, 7) is 5.92. The van der Waals surface area contributed by atoms with Gasteiger partial charge in [-0.3, -0.25) is 4.99 Å². The molecule has 0 fully saturated rings. The van der Waals surface area contributed by atoms with Crippen molar-refractivity contribution < 1.29 is 0 Å². The summed E-state index contributed by atoms with van der Waals surface area (Å²) < 4.78 is 0. The summed E-state index contributed by atoms with van der Waals surface area (Å²) in [7, 11) is 0. The van der Waals surface area contributed by atoms with Gasteiger partial charge < -0.3 is 5.32 Å². The van der Waals surface area contributed by atoms with Gasteiger partial charge >= 0.3 is 0 Å². The number of nitrogens with zero attached hydrogens (tertiary/aromatic N) is 2. The number of aliphatic imine (C=N–C) groups is 2. The molecule has 2 aliphatic rings. The Morgan fingerprint density at radius 2 is 2.15 bits per heavy atom. The lowest BCUT2D eigenvalue weighted by Gasteiger charge is -2.20. The molecule has 3 rings (SSSR count). The predicted octanol–water partition coefficient (Wildman–Crippen LogP) is 3.70. The van der Waals surface area contributed by atoms with E-state index < -0.39 is 0 Å². The highest BCUT2D eigenvalue weighted by atomic mass is 14.9. The number of nitrogens with one attached hydrogen (secondary N) is 1. The Morgan fingerprint density at radius 1 is 1.25 bits per heavy atom. The lowest BCUT2D eigenvalue weighted by molar-refractivity contribution is 1.13. The maximum absolute atomic E-state index is 4.74. The second-order valence-corrected chi connectivity index (χ2v) is 4.95. The van der Waals surface area contributed by atoms with Crippen molar-refractivity contribution in [2.45, 2.75) is 20.3 Å². The quantitative estimate of drug-likeness (QED) is 0.831. The first-order chi connectivity index (χ1) is 9.80. The number of anilines is 1. The number of fused-ring (bicyclic) bond motifs is 2. The summed E-state index contributed by atoms with van der Waals surface area (Å²) in [6.07, 6.45) is 7.21. The van der Waals surface area contributed by atoms with E-state index in [0.29, 0.717) is 0 Å². The molecule has 20 heavy (non-hydrogen) atoms. The molecular formula is C17H19N3. The van der Waals surface area contributed by atoms with Crippen LogP contribution in [0.15, 0.2) is 52.0 Å². The number of hydrogen-bond acceptors (Lipinski definition) is 3. The normalized spacial score (nSPS) is 18.2. The second-order valence-electron chi connectivity index (χ2n) is 4.95. The summed E-state index contributed by atoms with van der Waals surface area (Å²) in [5.41, 5.74) is 6.92. The number of hydrogen-bond donors (Lipinski definition) is 1. The summed E-state index contributed by atoms with van der Waals surface area (Å²) >= 11 is 0. The molecule has 0 aromatic heterocycles. The van der Waals surface area contributed by atoms with Gasteiger partial charge in [0.15, 0.2) is 0 Å². The summed E-state index contributed by atoms with van der Waals surface area (Å²) in [6, 6.07) is 6.40. The van der Waals surface area contributed by atoms with Crippen LogP contribution >= 0.6 is 0 Å². The summed E-state index contributed by atoms with van der Waals surface area (Å²) in [5.74, 6) is 0. The van der Waals surface area contributed by atoms with Crippen LogP contribution in [0, 0.1) is 0 Å². The van der Waals surface area contributed by atoms with Crippen molar-refractivity contribution in [3.05, 3.63) is 47.6 Å². The van der Waals surface area contributed by atoms with Crippen molar-refractivity contribution >= 4 is 22.8 Å². The monoisotopic (exact) mass is 265 g/mol. The average Bonchev–Trinajstić information content (AvgIpc) is 2.46. The van der Waals surface area contributed by atoms with Gasteiger partial charge in [0.2, 0.25) is 0 Å². The van der Waals surface area contributed by atoms with Gasteiger partial charge in [-0.25, -0.2) is 4.99 Å². The van der Waals surface area contributed by atoms with Crippen molar-refractivity contribution in [3.8, 4) is 0 Å². The molecule has 3 nitrogen and oxygen atoms in total. The van der Waals surface area contributed by atoms with Crippen LogP contribution in [-0.4, -0.2) is 24.5 Å². The highest BCUT2D eigenvalue weighted by molar-refractivity contribution is 6.22. The molecule has 1 heterocycles. The van der Waals surface area contributed by atoms with Gasteiger partial charge in [-0.2, -0.15) is 0 Å². The van der Waals surface area contributed by atoms with Gasteiger partial charge in [0.25, 0.3) is 0 Å². The van der Waals surface area contributed by atoms with Crippen LogP contribution in [0.5, 0.6) is 0 Å². The highest BCUT2D eigenvalue weighted by Crippen LogP contribution is 2.32. The fraction of sp³-hybridized carbons (Fsp3) is 0.294. The van der Waals surface area contributed by atoms with E-state index in [1.165, 1.54) is 16.8 Å². The van der Waals surface area contributed by atoms with Gasteiger partial charge in [0, 0.05) is 25.2 Å². The number of rotatable bonds is 3. The largest absolute Gasteiger partial charge is 0.385 e. The van der Waals surface area contributed by atoms with E-state index in [9.17, 15) is 0 Å². The van der Waals surface area contributed by atoms with Crippen LogP contribution < -0.4 is 5.32 Å². The number of benzene rings is 1. The maximum atomic E-state index is 4.74. The minimum atomic E-state index is 0.817. The second kappa shape index (κ2) is 5.45. The van der Waals surface area contributed by atoms with E-state index in [2.05, 4.69) is 54.5 Å². The molecule has 1 aliphatic carbocycles. The van der Waals surface area contributed by atoms with E-state index in [4.69, 9.17) is 4.99 Å². The van der Waals surface area contributed by atoms with Gasteiger partial charge in [0.05, 0.1) is 17.1 Å². The van der Waals surface area contributed by atoms with E-state index >= 15 is 0 Å². The first kappa shape index (κ1) is 12.9. The van der Waals surface area contributed by atoms with Crippen molar-refractivity contribution in [1.29, 1.82) is 0 Å². The van der Waals surface area contributed by atoms with Gasteiger partial charge in [-0.15, -0.1) is 0 Å². The molecular weight excluding hydrogens is 246 g/mol. The molecule has 0 saturated carbocycles. The molecule has 0 atom stereocenters. The van der Waals surface area contributed by atoms with Crippen LogP contribution in [0.1, 0.15) is 19.4 Å². The van der Waals surface area contributed by atoms with Crippen LogP contribution in [0.3, 0.4) is 0 Å². The third-order valence-corrected chi connectivity index (χ3v) is 3.49. The van der Waals surface area contributed by atoms with Gasteiger partial charge in [0.1, 0.15) is 0 Å². The average molecular weight is 265 g/mol. The lowest BCUT2D eigenvalue weighted by Crippen LogP contribution is -2.14. The van der Waals surface area contributed by atoms with E-state index in [-0.39, 0.29) is 0 Å². The molecule has 3 heteroatoms. The van der Waals surface area contributed by atoms with E-state index in [1.807, 2.05) is 6.08 Å². The Bertz CT molecular complexity index is 648. The SMILES string of the molecule is CCN=C1C=CC2=Nc3ccc(NCC)cc3CC2=C1. The minimum Gasteiger partial charge on any atom is -0.385 e. The fourth-order valence-corrected chi connectivity index (χ4v) is 2.59. The molecule has 0 amide bonds. The smallest absolute Gasteiger partial charge is 0.0673 e. The maximum Gasteiger partial charge on any atom is 0.0673 e. The fourth-order valence-electron chi connectivity index (χ4n) is 2.59. The van der Waals surface area contributed by atoms with Crippen LogP contribution in [0.25, 0.3) is 0 Å². The van der Waals surface area contributed by atoms with Crippen molar-refractivity contribution in [2.75, 3.05) is 18.4 Å². The Labute approximate surface area is 119 Å².